The molecule has 0 radical (unpaired) electrons. The molecule has 36 heavy (non-hydrogen) atoms. The van der Waals surface area contributed by atoms with Crippen molar-refractivity contribution >= 4 is 63.9 Å². The number of rotatable bonds is 9. The molecule has 0 bridgehead atoms. The summed E-state index contributed by atoms with van der Waals surface area (Å²) >= 11 is 1.37. The molecule has 1 atom stereocenters. The Morgan fingerprint density at radius 2 is 1.97 bits per heavy atom. The first-order chi connectivity index (χ1) is 17.1. The molecule has 1 unspecified atom stereocenters. The number of nitrogens with one attached hydrogen (secondary N) is 3. The zero-order valence-corrected chi connectivity index (χ0v) is 21.7. The fourth-order valence-electron chi connectivity index (χ4n) is 3.46. The summed E-state index contributed by atoms with van der Waals surface area (Å²) in [7, 11) is 7.17. The summed E-state index contributed by atoms with van der Waals surface area (Å²) in [6, 6.07) is 7.10. The molecule has 2 aromatic heterocycles. The van der Waals surface area contributed by atoms with E-state index in [0.29, 0.717) is 22.1 Å². The third-order valence-electron chi connectivity index (χ3n) is 5.35. The summed E-state index contributed by atoms with van der Waals surface area (Å²) in [6.07, 6.45) is 2.72. The van der Waals surface area contributed by atoms with Crippen LogP contribution in [0.25, 0.3) is 10.6 Å². The Morgan fingerprint density at radius 3 is 2.58 bits per heavy atom. The van der Waals surface area contributed by atoms with Gasteiger partial charge in [0.15, 0.2) is 17.3 Å². The summed E-state index contributed by atoms with van der Waals surface area (Å²) in [5.41, 5.74) is 1.73. The van der Waals surface area contributed by atoms with Crippen LogP contribution in [-0.4, -0.2) is 68.0 Å². The van der Waals surface area contributed by atoms with E-state index in [9.17, 15) is 14.7 Å². The van der Waals surface area contributed by atoms with Gasteiger partial charge in [-0.25, -0.2) is 4.98 Å². The van der Waals surface area contributed by atoms with Gasteiger partial charge in [-0.2, -0.15) is 0 Å². The zero-order valence-electron chi connectivity index (χ0n) is 20.9. The molecule has 1 saturated carbocycles. The SMILES string of the molecule is BC(B)(B)NC(=O)c1nnc(NC(=O)C2CC2)cc1Nc1cccc(-c2ncc(C(C)O)s2)c1OC. The number of ether oxygens (including phenoxy) is 1. The van der Waals surface area contributed by atoms with Crippen molar-refractivity contribution in [2.45, 2.75) is 31.1 Å². The largest absolute Gasteiger partial charge is 0.494 e. The standard InChI is InChI=1S/C22H27B3N6O4S/c1-10(32)15-9-26-21(36-15)12-4-3-5-13(18(12)35-2)27-14-8-16(28-19(33)11-6-7-11)30-31-17(14)20(34)29-22(23,24)25/h3-5,8-11,32H,6-7,23-25H2,1-2H3,(H,29,34)(H2,27,28,30,33). The number of hydrogen-bond acceptors (Lipinski definition) is 9. The number of anilines is 3. The average Bonchev–Trinajstić information content (AvgIpc) is 3.54. The Morgan fingerprint density at radius 1 is 1.22 bits per heavy atom. The maximum atomic E-state index is 13.0. The molecule has 1 aliphatic rings. The second-order valence-corrected chi connectivity index (χ2v) is 10.8. The lowest BCUT2D eigenvalue weighted by molar-refractivity contribution is -0.117. The quantitative estimate of drug-likeness (QED) is 0.299. The lowest BCUT2D eigenvalue weighted by atomic mass is 9.49. The molecule has 2 amide bonds. The first-order valence-corrected chi connectivity index (χ1v) is 12.5. The summed E-state index contributed by atoms with van der Waals surface area (Å²) in [5.74, 6) is 0.229. The third kappa shape index (κ3) is 6.05. The predicted octanol–water partition coefficient (Wildman–Crippen LogP) is -0.00550. The van der Waals surface area contributed by atoms with Gasteiger partial charge in [0.05, 0.1) is 35.0 Å². The van der Waals surface area contributed by atoms with Gasteiger partial charge < -0.3 is 25.8 Å². The van der Waals surface area contributed by atoms with Crippen LogP contribution in [0.4, 0.5) is 17.2 Å². The summed E-state index contributed by atoms with van der Waals surface area (Å²) in [6.45, 7) is 1.69. The number of carbonyl (C=O) groups is 2. The second kappa shape index (κ2) is 10.3. The van der Waals surface area contributed by atoms with Gasteiger partial charge in [0, 0.05) is 18.2 Å². The number of para-hydroxylation sites is 1. The molecule has 184 valence electrons. The van der Waals surface area contributed by atoms with E-state index < -0.39 is 17.2 Å². The number of carbonyl (C=O) groups excluding carboxylic acids is 2. The molecule has 2 heterocycles. The minimum atomic E-state index is -0.625. The maximum absolute atomic E-state index is 13.0. The second-order valence-electron chi connectivity index (χ2n) is 9.71. The predicted molar refractivity (Wildman–Crippen MR) is 147 cm³/mol. The normalized spacial score (nSPS) is 14.1. The van der Waals surface area contributed by atoms with Gasteiger partial charge in [-0.15, -0.1) is 21.5 Å². The van der Waals surface area contributed by atoms with E-state index in [-0.39, 0.29) is 23.3 Å². The van der Waals surface area contributed by atoms with Crippen LogP contribution in [0.5, 0.6) is 5.75 Å². The van der Waals surface area contributed by atoms with E-state index in [0.717, 1.165) is 23.3 Å². The Labute approximate surface area is 215 Å². The molecule has 4 rings (SSSR count). The lowest BCUT2D eigenvalue weighted by Crippen LogP contribution is -2.50. The Bertz CT molecular complexity index is 1290. The number of amides is 2. The van der Waals surface area contributed by atoms with Gasteiger partial charge in [0.2, 0.25) is 5.91 Å². The highest BCUT2D eigenvalue weighted by Crippen LogP contribution is 2.40. The topological polar surface area (TPSA) is 138 Å². The van der Waals surface area contributed by atoms with Gasteiger partial charge in [-0.3, -0.25) is 9.59 Å². The fourth-order valence-corrected chi connectivity index (χ4v) is 4.34. The minimum Gasteiger partial charge on any atom is -0.494 e. The van der Waals surface area contributed by atoms with Crippen molar-refractivity contribution in [2.24, 2.45) is 5.92 Å². The monoisotopic (exact) mass is 504 g/mol. The first kappa shape index (κ1) is 25.7. The molecule has 3 aromatic rings. The smallest absolute Gasteiger partial charge is 0.272 e. The van der Waals surface area contributed by atoms with Crippen molar-refractivity contribution in [1.29, 1.82) is 0 Å². The van der Waals surface area contributed by atoms with Crippen LogP contribution in [0.1, 0.15) is 41.2 Å². The molecule has 10 nitrogen and oxygen atoms in total. The van der Waals surface area contributed by atoms with Crippen LogP contribution in [0.2, 0.25) is 0 Å². The maximum Gasteiger partial charge on any atom is 0.272 e. The zero-order chi connectivity index (χ0) is 26.0. The molecule has 14 heteroatoms. The van der Waals surface area contributed by atoms with Crippen LogP contribution < -0.4 is 20.7 Å². The average molecular weight is 504 g/mol. The van der Waals surface area contributed by atoms with Crippen molar-refractivity contribution in [2.75, 3.05) is 17.7 Å². The minimum absolute atomic E-state index is 0.00586. The van der Waals surface area contributed by atoms with E-state index in [1.807, 2.05) is 35.7 Å². The van der Waals surface area contributed by atoms with E-state index in [1.54, 1.807) is 32.4 Å². The van der Waals surface area contributed by atoms with Crippen LogP contribution >= 0.6 is 11.3 Å². The molecule has 0 aliphatic heterocycles. The van der Waals surface area contributed by atoms with E-state index in [1.165, 1.54) is 11.3 Å². The number of aromatic nitrogens is 3. The van der Waals surface area contributed by atoms with Crippen molar-refractivity contribution in [3.05, 3.63) is 41.0 Å². The highest BCUT2D eigenvalue weighted by atomic mass is 32.1. The van der Waals surface area contributed by atoms with Crippen molar-refractivity contribution in [3.63, 3.8) is 0 Å². The van der Waals surface area contributed by atoms with Crippen LogP contribution in [0.15, 0.2) is 30.5 Å². The molecular formula is C22H27B3N6O4S. The Kier molecular flexibility index (Phi) is 7.37. The van der Waals surface area contributed by atoms with Gasteiger partial charge in [0.1, 0.15) is 28.5 Å². The number of benzene rings is 1. The van der Waals surface area contributed by atoms with Crippen LogP contribution in [-0.2, 0) is 4.79 Å². The number of methoxy groups -OCH3 is 1. The molecule has 0 spiro atoms. The number of aliphatic hydroxyl groups excluding tert-OH is 1. The number of hydrogen-bond donors (Lipinski definition) is 4. The fraction of sp³-hybridized carbons (Fsp3) is 0.318. The first-order valence-electron chi connectivity index (χ1n) is 11.6. The highest BCUT2D eigenvalue weighted by molar-refractivity contribution is 7.15. The van der Waals surface area contributed by atoms with Gasteiger partial charge in [-0.1, -0.05) is 6.07 Å². The van der Waals surface area contributed by atoms with Gasteiger partial charge >= 0.3 is 0 Å². The molecule has 0 saturated heterocycles. The number of thiazole rings is 1. The van der Waals surface area contributed by atoms with Crippen LogP contribution in [0.3, 0.4) is 0 Å². The van der Waals surface area contributed by atoms with Crippen molar-refractivity contribution < 1.29 is 19.4 Å². The van der Waals surface area contributed by atoms with Gasteiger partial charge in [0.25, 0.3) is 5.91 Å². The van der Waals surface area contributed by atoms with Gasteiger partial charge in [-0.05, 0) is 37.1 Å². The third-order valence-corrected chi connectivity index (χ3v) is 6.55. The summed E-state index contributed by atoms with van der Waals surface area (Å²) in [4.78, 5) is 30.5. The molecule has 1 aromatic carbocycles. The van der Waals surface area contributed by atoms with E-state index in [2.05, 4.69) is 31.1 Å². The van der Waals surface area contributed by atoms with Crippen LogP contribution in [0, 0.1) is 5.92 Å². The van der Waals surface area contributed by atoms with E-state index in [4.69, 9.17) is 4.74 Å². The van der Waals surface area contributed by atoms with E-state index >= 15 is 0 Å². The van der Waals surface area contributed by atoms with Crippen molar-refractivity contribution in [1.82, 2.24) is 20.5 Å². The number of nitrogens with zero attached hydrogens (tertiary/aromatic N) is 3. The molecule has 4 N–H and O–H groups in total. The Balaban J connectivity index is 1.72. The summed E-state index contributed by atoms with van der Waals surface area (Å²) in [5, 5.41) is 27.2. The molecular weight excluding hydrogens is 477 g/mol. The van der Waals surface area contributed by atoms with Crippen molar-refractivity contribution in [3.8, 4) is 16.3 Å². The summed E-state index contributed by atoms with van der Waals surface area (Å²) < 4.78 is 5.72. The Hall–Kier alpha value is -3.38. The highest BCUT2D eigenvalue weighted by Gasteiger charge is 2.30. The molecule has 1 fully saturated rings. The molecule has 1 aliphatic carbocycles. The lowest BCUT2D eigenvalue weighted by Gasteiger charge is -2.22. The number of aliphatic hydroxyl groups is 1.